The lowest BCUT2D eigenvalue weighted by Crippen LogP contribution is -2.26. The van der Waals surface area contributed by atoms with E-state index in [4.69, 9.17) is 11.6 Å². The number of halogens is 3. The van der Waals surface area contributed by atoms with Crippen LogP contribution in [0.4, 0.5) is 10.1 Å². The predicted octanol–water partition coefficient (Wildman–Crippen LogP) is 2.77. The first-order valence-corrected chi connectivity index (χ1v) is 6.64. The normalized spacial score (nSPS) is 18.8. The molecule has 0 spiro atoms. The Balaban J connectivity index is 2.33. The topological polar surface area (TPSA) is 46.6 Å². The monoisotopic (exact) mass is 349 g/mol. The summed E-state index contributed by atoms with van der Waals surface area (Å²) >= 11 is 9.14. The Kier molecular flexibility index (Phi) is 4.10. The number of methoxy groups -OCH3 is 1. The average Bonchev–Trinajstić information content (AvgIpc) is 2.69. The molecule has 1 aromatic carbocycles. The number of hydrogen-bond acceptors (Lipinski definition) is 3. The van der Waals surface area contributed by atoms with E-state index in [0.29, 0.717) is 10.2 Å². The number of amides is 1. The van der Waals surface area contributed by atoms with Gasteiger partial charge in [-0.05, 0) is 28.1 Å². The van der Waals surface area contributed by atoms with Crippen LogP contribution < -0.4 is 4.90 Å². The average molecular weight is 351 g/mol. The van der Waals surface area contributed by atoms with Crippen LogP contribution in [0.25, 0.3) is 0 Å². The fraction of sp³-hybridized carbons (Fsp3) is 0.333. The minimum atomic E-state index is -0.523. The number of esters is 1. The van der Waals surface area contributed by atoms with Crippen molar-refractivity contribution in [2.75, 3.05) is 18.6 Å². The van der Waals surface area contributed by atoms with E-state index in [0.717, 1.165) is 6.07 Å². The van der Waals surface area contributed by atoms with Crippen molar-refractivity contribution >= 4 is 45.1 Å². The lowest BCUT2D eigenvalue weighted by atomic mass is 10.1. The summed E-state index contributed by atoms with van der Waals surface area (Å²) in [5.41, 5.74) is 0.375. The summed E-state index contributed by atoms with van der Waals surface area (Å²) in [5.74, 6) is -1.71. The van der Waals surface area contributed by atoms with Crippen LogP contribution in [0, 0.1) is 11.7 Å². The molecule has 0 aliphatic carbocycles. The maximum absolute atomic E-state index is 13.2. The van der Waals surface area contributed by atoms with E-state index in [1.807, 2.05) is 0 Å². The minimum Gasteiger partial charge on any atom is -0.469 e. The lowest BCUT2D eigenvalue weighted by Gasteiger charge is -2.19. The van der Waals surface area contributed by atoms with Crippen LogP contribution in [-0.4, -0.2) is 25.5 Å². The molecule has 0 saturated carbocycles. The molecular weight excluding hydrogens is 340 g/mol. The van der Waals surface area contributed by atoms with Gasteiger partial charge in [-0.15, -0.1) is 0 Å². The maximum atomic E-state index is 13.2. The Morgan fingerprint density at radius 3 is 2.84 bits per heavy atom. The molecule has 1 aromatic rings. The SMILES string of the molecule is COC(=O)C1CC(=O)N(c2c(Cl)cc(F)cc2Br)C1. The Bertz CT molecular complexity index is 529. The summed E-state index contributed by atoms with van der Waals surface area (Å²) in [6.07, 6.45) is 0.0623. The third-order valence-corrected chi connectivity index (χ3v) is 3.80. The van der Waals surface area contributed by atoms with Gasteiger partial charge in [0.25, 0.3) is 0 Å². The van der Waals surface area contributed by atoms with Crippen LogP contribution in [0.5, 0.6) is 0 Å². The van der Waals surface area contributed by atoms with Crippen molar-refractivity contribution in [3.63, 3.8) is 0 Å². The van der Waals surface area contributed by atoms with Gasteiger partial charge in [-0.2, -0.15) is 0 Å². The number of nitrogens with zero attached hydrogens (tertiary/aromatic N) is 1. The number of rotatable bonds is 2. The number of carbonyl (C=O) groups is 2. The molecule has 1 saturated heterocycles. The molecule has 1 aliphatic rings. The molecule has 1 fully saturated rings. The van der Waals surface area contributed by atoms with Crippen LogP contribution in [0.15, 0.2) is 16.6 Å². The van der Waals surface area contributed by atoms with E-state index < -0.39 is 17.7 Å². The highest BCUT2D eigenvalue weighted by Crippen LogP contribution is 2.38. The van der Waals surface area contributed by atoms with Crippen molar-refractivity contribution in [1.29, 1.82) is 0 Å². The van der Waals surface area contributed by atoms with E-state index in [1.165, 1.54) is 18.1 Å². The molecule has 7 heteroatoms. The standard InChI is InChI=1S/C12H10BrClFNO3/c1-19-12(18)6-2-10(17)16(5-6)11-8(13)3-7(15)4-9(11)14/h3-4,6H,2,5H2,1H3. The van der Waals surface area contributed by atoms with Gasteiger partial charge in [-0.3, -0.25) is 9.59 Å². The summed E-state index contributed by atoms with van der Waals surface area (Å²) in [6, 6.07) is 2.35. The van der Waals surface area contributed by atoms with Gasteiger partial charge in [0, 0.05) is 17.4 Å². The molecule has 0 aromatic heterocycles. The largest absolute Gasteiger partial charge is 0.469 e. The van der Waals surface area contributed by atoms with Crippen LogP contribution in [0.2, 0.25) is 5.02 Å². The van der Waals surface area contributed by atoms with Crippen LogP contribution in [-0.2, 0) is 14.3 Å². The zero-order valence-corrected chi connectivity index (χ0v) is 12.3. The lowest BCUT2D eigenvalue weighted by molar-refractivity contribution is -0.145. The molecule has 4 nitrogen and oxygen atoms in total. The number of benzene rings is 1. The fourth-order valence-corrected chi connectivity index (χ4v) is 3.11. The molecule has 102 valence electrons. The summed E-state index contributed by atoms with van der Waals surface area (Å²) in [6.45, 7) is 0.176. The molecule has 1 amide bonds. The molecule has 0 radical (unpaired) electrons. The molecule has 1 heterocycles. The highest BCUT2D eigenvalue weighted by molar-refractivity contribution is 9.10. The van der Waals surface area contributed by atoms with Crippen molar-refractivity contribution in [3.05, 3.63) is 27.4 Å². The second kappa shape index (κ2) is 5.46. The van der Waals surface area contributed by atoms with Crippen LogP contribution in [0.1, 0.15) is 6.42 Å². The molecule has 2 rings (SSSR count). The van der Waals surface area contributed by atoms with E-state index >= 15 is 0 Å². The first-order valence-electron chi connectivity index (χ1n) is 5.46. The van der Waals surface area contributed by atoms with Crippen molar-refractivity contribution in [2.24, 2.45) is 5.92 Å². The third kappa shape index (κ3) is 2.74. The second-order valence-electron chi connectivity index (χ2n) is 4.15. The number of hydrogen-bond donors (Lipinski definition) is 0. The Morgan fingerprint density at radius 2 is 2.26 bits per heavy atom. The molecule has 19 heavy (non-hydrogen) atoms. The van der Waals surface area contributed by atoms with Gasteiger partial charge in [-0.25, -0.2) is 4.39 Å². The second-order valence-corrected chi connectivity index (χ2v) is 5.41. The summed E-state index contributed by atoms with van der Waals surface area (Å²) < 4.78 is 18.2. The van der Waals surface area contributed by atoms with Gasteiger partial charge < -0.3 is 9.64 Å². The first kappa shape index (κ1) is 14.3. The number of carbonyl (C=O) groups excluding carboxylic acids is 2. The molecular formula is C12H10BrClFNO3. The summed E-state index contributed by atoms with van der Waals surface area (Å²) in [5, 5.41) is 0.116. The number of ether oxygens (including phenoxy) is 1. The highest BCUT2D eigenvalue weighted by atomic mass is 79.9. The van der Waals surface area contributed by atoms with Crippen LogP contribution >= 0.6 is 27.5 Å². The van der Waals surface area contributed by atoms with E-state index in [9.17, 15) is 14.0 Å². The first-order chi connectivity index (χ1) is 8.93. The van der Waals surface area contributed by atoms with E-state index in [1.54, 1.807) is 0 Å². The zero-order chi connectivity index (χ0) is 14.2. The van der Waals surface area contributed by atoms with Gasteiger partial charge in [0.15, 0.2) is 0 Å². The molecule has 0 bridgehead atoms. The molecule has 1 atom stereocenters. The maximum Gasteiger partial charge on any atom is 0.311 e. The van der Waals surface area contributed by atoms with Crippen LogP contribution in [0.3, 0.4) is 0 Å². The van der Waals surface area contributed by atoms with Gasteiger partial charge in [0.1, 0.15) is 5.82 Å². The van der Waals surface area contributed by atoms with Crippen molar-refractivity contribution in [2.45, 2.75) is 6.42 Å². The van der Waals surface area contributed by atoms with Gasteiger partial charge in [0.2, 0.25) is 5.91 Å². The molecule has 0 N–H and O–H groups in total. The quantitative estimate of drug-likeness (QED) is 0.771. The molecule has 1 aliphatic heterocycles. The fourth-order valence-electron chi connectivity index (χ4n) is 2.04. The Labute approximate surface area is 122 Å². The third-order valence-electron chi connectivity index (χ3n) is 2.91. The van der Waals surface area contributed by atoms with E-state index in [-0.39, 0.29) is 23.9 Å². The van der Waals surface area contributed by atoms with Gasteiger partial charge in [-0.1, -0.05) is 11.6 Å². The highest BCUT2D eigenvalue weighted by Gasteiger charge is 2.37. The summed E-state index contributed by atoms with van der Waals surface area (Å²) in [7, 11) is 1.27. The van der Waals surface area contributed by atoms with Crippen molar-refractivity contribution < 1.29 is 18.7 Å². The minimum absolute atomic E-state index is 0.0623. The predicted molar refractivity (Wildman–Crippen MR) is 71.6 cm³/mol. The Hall–Kier alpha value is -1.14. The van der Waals surface area contributed by atoms with E-state index in [2.05, 4.69) is 20.7 Å². The molecule has 1 unspecified atom stereocenters. The van der Waals surface area contributed by atoms with Crippen molar-refractivity contribution in [1.82, 2.24) is 0 Å². The van der Waals surface area contributed by atoms with Gasteiger partial charge in [0.05, 0.1) is 23.7 Å². The van der Waals surface area contributed by atoms with Gasteiger partial charge >= 0.3 is 5.97 Å². The van der Waals surface area contributed by atoms with Crippen molar-refractivity contribution in [3.8, 4) is 0 Å². The smallest absolute Gasteiger partial charge is 0.311 e. The zero-order valence-electron chi connectivity index (χ0n) is 9.95. The Morgan fingerprint density at radius 1 is 1.58 bits per heavy atom. The number of anilines is 1. The summed E-state index contributed by atoms with van der Waals surface area (Å²) in [4.78, 5) is 24.8.